The number of hydrogen-bond donors (Lipinski definition) is 1. The van der Waals surface area contributed by atoms with E-state index in [-0.39, 0.29) is 23.3 Å². The van der Waals surface area contributed by atoms with Gasteiger partial charge in [0.25, 0.3) is 0 Å². The first-order valence-corrected chi connectivity index (χ1v) is 7.01. The van der Waals surface area contributed by atoms with Gasteiger partial charge in [-0.2, -0.15) is 0 Å². The monoisotopic (exact) mass is 273 g/mol. The van der Waals surface area contributed by atoms with Gasteiger partial charge in [0.05, 0.1) is 13.5 Å². The van der Waals surface area contributed by atoms with Gasteiger partial charge in [0, 0.05) is 12.0 Å². The minimum atomic E-state index is -0.0319. The summed E-state index contributed by atoms with van der Waals surface area (Å²) in [4.78, 5) is 12.1. The summed E-state index contributed by atoms with van der Waals surface area (Å²) in [6.45, 7) is 6.46. The highest BCUT2D eigenvalue weighted by Gasteiger charge is 2.35. The van der Waals surface area contributed by atoms with Crippen molar-refractivity contribution in [3.05, 3.63) is 47.7 Å². The first-order valence-electron chi connectivity index (χ1n) is 7.01. The van der Waals surface area contributed by atoms with Crippen molar-refractivity contribution in [2.75, 3.05) is 7.11 Å². The fourth-order valence-electron chi connectivity index (χ4n) is 2.69. The van der Waals surface area contributed by atoms with Crippen LogP contribution in [0.4, 0.5) is 0 Å². The number of nitrogens with one attached hydrogen (secondary N) is 1. The minimum absolute atomic E-state index is 0.0245. The van der Waals surface area contributed by atoms with Crippen LogP contribution < -0.4 is 5.32 Å². The van der Waals surface area contributed by atoms with Crippen molar-refractivity contribution in [3.63, 3.8) is 0 Å². The van der Waals surface area contributed by atoms with Gasteiger partial charge in [-0.1, -0.05) is 51.1 Å². The second-order valence-electron chi connectivity index (χ2n) is 6.36. The molecule has 0 saturated carbocycles. The fourth-order valence-corrected chi connectivity index (χ4v) is 2.69. The molecule has 1 aromatic carbocycles. The average molecular weight is 273 g/mol. The van der Waals surface area contributed by atoms with E-state index in [2.05, 4.69) is 44.3 Å². The Morgan fingerprint density at radius 3 is 2.40 bits per heavy atom. The number of rotatable bonds is 2. The molecule has 0 spiro atoms. The molecule has 3 nitrogen and oxygen atoms in total. The first-order chi connectivity index (χ1) is 9.41. The molecular formula is C17H23NO2. The SMILES string of the molecule is COC1=C[C@@H](c2ccccc2)[C@H](C(C)(C)C)NC(=O)C1. The van der Waals surface area contributed by atoms with Gasteiger partial charge in [-0.05, 0) is 17.1 Å². The van der Waals surface area contributed by atoms with E-state index in [4.69, 9.17) is 4.74 Å². The third-order valence-corrected chi connectivity index (χ3v) is 3.76. The summed E-state index contributed by atoms with van der Waals surface area (Å²) in [5, 5.41) is 3.16. The van der Waals surface area contributed by atoms with Crippen LogP contribution >= 0.6 is 0 Å². The van der Waals surface area contributed by atoms with Crippen LogP contribution in [0.1, 0.15) is 38.7 Å². The number of hydrogen-bond acceptors (Lipinski definition) is 2. The maximum atomic E-state index is 12.1. The van der Waals surface area contributed by atoms with Gasteiger partial charge in [-0.3, -0.25) is 4.79 Å². The van der Waals surface area contributed by atoms with Crippen molar-refractivity contribution in [2.24, 2.45) is 5.41 Å². The molecule has 0 aliphatic carbocycles. The zero-order chi connectivity index (χ0) is 14.8. The maximum Gasteiger partial charge on any atom is 0.227 e. The number of benzene rings is 1. The molecular weight excluding hydrogens is 250 g/mol. The largest absolute Gasteiger partial charge is 0.501 e. The Bertz CT molecular complexity index is 499. The molecule has 3 heteroatoms. The Morgan fingerprint density at radius 2 is 1.85 bits per heavy atom. The van der Waals surface area contributed by atoms with Crippen LogP contribution in [-0.4, -0.2) is 19.1 Å². The summed E-state index contributed by atoms with van der Waals surface area (Å²) in [7, 11) is 1.62. The van der Waals surface area contributed by atoms with Crippen molar-refractivity contribution < 1.29 is 9.53 Å². The lowest BCUT2D eigenvalue weighted by atomic mass is 9.76. The third-order valence-electron chi connectivity index (χ3n) is 3.76. The minimum Gasteiger partial charge on any atom is -0.501 e. The molecule has 0 bridgehead atoms. The van der Waals surface area contributed by atoms with Crippen molar-refractivity contribution in [1.82, 2.24) is 5.32 Å². The molecule has 0 saturated heterocycles. The van der Waals surface area contributed by atoms with E-state index in [1.165, 1.54) is 5.56 Å². The van der Waals surface area contributed by atoms with E-state index in [9.17, 15) is 4.79 Å². The van der Waals surface area contributed by atoms with Crippen LogP contribution in [0.2, 0.25) is 0 Å². The first kappa shape index (κ1) is 14.6. The normalized spacial score (nSPS) is 23.6. The fraction of sp³-hybridized carbons (Fsp3) is 0.471. The average Bonchev–Trinajstić information content (AvgIpc) is 2.58. The quantitative estimate of drug-likeness (QED) is 0.898. The third kappa shape index (κ3) is 3.21. The lowest BCUT2D eigenvalue weighted by Gasteiger charge is -2.35. The molecule has 0 radical (unpaired) electrons. The molecule has 20 heavy (non-hydrogen) atoms. The molecule has 0 unspecified atom stereocenters. The van der Waals surface area contributed by atoms with Gasteiger partial charge in [0.1, 0.15) is 5.76 Å². The van der Waals surface area contributed by atoms with E-state index < -0.39 is 0 Å². The molecule has 2 atom stereocenters. The summed E-state index contributed by atoms with van der Waals surface area (Å²) in [6, 6.07) is 10.3. The standard InChI is InChI=1S/C17H23NO2/c1-17(2,3)16-14(12-8-6-5-7-9-12)10-13(20-4)11-15(19)18-16/h5-10,14,16H,11H2,1-4H3,(H,18,19)/t14-,16+/m0/s1. The smallest absolute Gasteiger partial charge is 0.227 e. The molecule has 108 valence electrons. The van der Waals surface area contributed by atoms with Crippen LogP contribution in [0.15, 0.2) is 42.2 Å². The number of ether oxygens (including phenoxy) is 1. The lowest BCUT2D eigenvalue weighted by Crippen LogP contribution is -2.46. The van der Waals surface area contributed by atoms with Crippen molar-refractivity contribution in [1.29, 1.82) is 0 Å². The highest BCUT2D eigenvalue weighted by molar-refractivity contribution is 5.79. The van der Waals surface area contributed by atoms with E-state index in [1.807, 2.05) is 18.2 Å². The highest BCUT2D eigenvalue weighted by atomic mass is 16.5. The van der Waals surface area contributed by atoms with Gasteiger partial charge in [0.15, 0.2) is 0 Å². The van der Waals surface area contributed by atoms with Crippen LogP contribution in [0.5, 0.6) is 0 Å². The van der Waals surface area contributed by atoms with E-state index in [1.54, 1.807) is 7.11 Å². The zero-order valence-electron chi connectivity index (χ0n) is 12.6. The topological polar surface area (TPSA) is 38.3 Å². The van der Waals surface area contributed by atoms with Crippen molar-refractivity contribution >= 4 is 5.91 Å². The van der Waals surface area contributed by atoms with Crippen LogP contribution in [-0.2, 0) is 9.53 Å². The van der Waals surface area contributed by atoms with Crippen LogP contribution in [0.3, 0.4) is 0 Å². The molecule has 2 rings (SSSR count). The number of carbonyl (C=O) groups excluding carboxylic acids is 1. The lowest BCUT2D eigenvalue weighted by molar-refractivity contribution is -0.122. The summed E-state index contributed by atoms with van der Waals surface area (Å²) in [5.41, 5.74) is 1.17. The predicted molar refractivity (Wildman–Crippen MR) is 80.3 cm³/mol. The van der Waals surface area contributed by atoms with Crippen molar-refractivity contribution in [2.45, 2.75) is 39.2 Å². The van der Waals surface area contributed by atoms with E-state index in [0.29, 0.717) is 6.42 Å². The summed E-state index contributed by atoms with van der Waals surface area (Å²) in [6.07, 6.45) is 2.40. The number of carbonyl (C=O) groups is 1. The molecule has 1 N–H and O–H groups in total. The molecule has 0 aromatic heterocycles. The van der Waals surface area contributed by atoms with Gasteiger partial charge < -0.3 is 10.1 Å². The van der Waals surface area contributed by atoms with Crippen LogP contribution in [0.25, 0.3) is 0 Å². The van der Waals surface area contributed by atoms with Gasteiger partial charge >= 0.3 is 0 Å². The summed E-state index contributed by atoms with van der Waals surface area (Å²) >= 11 is 0. The van der Waals surface area contributed by atoms with E-state index >= 15 is 0 Å². The molecule has 1 amide bonds. The molecule has 1 heterocycles. The van der Waals surface area contributed by atoms with Gasteiger partial charge in [-0.25, -0.2) is 0 Å². The zero-order valence-corrected chi connectivity index (χ0v) is 12.6. The second kappa shape index (κ2) is 5.70. The highest BCUT2D eigenvalue weighted by Crippen LogP contribution is 2.35. The molecule has 1 aromatic rings. The van der Waals surface area contributed by atoms with Gasteiger partial charge in [-0.15, -0.1) is 0 Å². The maximum absolute atomic E-state index is 12.1. The summed E-state index contributed by atoms with van der Waals surface area (Å²) < 4.78 is 5.35. The number of amides is 1. The molecule has 1 aliphatic heterocycles. The molecule has 1 aliphatic rings. The van der Waals surface area contributed by atoms with E-state index in [0.717, 1.165) is 5.76 Å². The Morgan fingerprint density at radius 1 is 1.20 bits per heavy atom. The Kier molecular flexibility index (Phi) is 4.17. The Balaban J connectivity index is 2.47. The van der Waals surface area contributed by atoms with Crippen molar-refractivity contribution in [3.8, 4) is 0 Å². The predicted octanol–water partition coefficient (Wildman–Crippen LogP) is 3.24. The Labute approximate surface area is 121 Å². The second-order valence-corrected chi connectivity index (χ2v) is 6.36. The van der Waals surface area contributed by atoms with Gasteiger partial charge in [0.2, 0.25) is 5.91 Å². The molecule has 0 fully saturated rings. The number of methoxy groups -OCH3 is 1. The Hall–Kier alpha value is -1.77. The summed E-state index contributed by atoms with van der Waals surface area (Å²) in [5.74, 6) is 0.886. The van der Waals surface area contributed by atoms with Crippen LogP contribution in [0, 0.1) is 5.41 Å².